The van der Waals surface area contributed by atoms with Crippen molar-refractivity contribution in [3.8, 4) is 0 Å². The Bertz CT molecular complexity index is 975. The minimum absolute atomic E-state index is 0.221. The molecule has 0 atom stereocenters. The highest BCUT2D eigenvalue weighted by atomic mass is 32.1. The zero-order valence-electron chi connectivity index (χ0n) is 14.7. The topological polar surface area (TPSA) is 52.2 Å². The lowest BCUT2D eigenvalue weighted by atomic mass is 10.1. The number of benzene rings is 1. The van der Waals surface area contributed by atoms with Gasteiger partial charge < -0.3 is 4.57 Å². The third-order valence-electron chi connectivity index (χ3n) is 4.11. The lowest BCUT2D eigenvalue weighted by molar-refractivity contribution is 0.0992. The predicted octanol–water partition coefficient (Wildman–Crippen LogP) is 3.63. The van der Waals surface area contributed by atoms with Gasteiger partial charge in [-0.25, -0.2) is 0 Å². The molecule has 126 valence electrons. The quantitative estimate of drug-likeness (QED) is 0.730. The molecule has 2 heterocycles. The van der Waals surface area contributed by atoms with Crippen LogP contribution in [0.4, 0.5) is 0 Å². The number of hydrogen-bond acceptors (Lipinski definition) is 3. The number of carbonyl (C=O) groups is 1. The van der Waals surface area contributed by atoms with Crippen molar-refractivity contribution in [1.29, 1.82) is 0 Å². The number of carbonyl (C=O) groups excluding carboxylic acids is 1. The van der Waals surface area contributed by atoms with Gasteiger partial charge in [-0.3, -0.25) is 9.48 Å². The minimum atomic E-state index is -0.294. The van der Waals surface area contributed by atoms with Gasteiger partial charge in [0.1, 0.15) is 0 Å². The summed E-state index contributed by atoms with van der Waals surface area (Å²) in [5, 5.41) is 4.39. The number of amides is 1. The Kier molecular flexibility index (Phi) is 4.41. The Morgan fingerprint density at radius 2 is 2.12 bits per heavy atom. The van der Waals surface area contributed by atoms with Crippen molar-refractivity contribution in [2.45, 2.75) is 40.2 Å². The number of rotatable bonds is 3. The van der Waals surface area contributed by atoms with Crippen LogP contribution in [0.1, 0.15) is 48.6 Å². The molecule has 0 N–H and O–H groups in total. The molecule has 5 nitrogen and oxygen atoms in total. The number of fused-ring (bicyclic) bond motifs is 1. The number of hydrogen-bond donors (Lipinski definition) is 0. The van der Waals surface area contributed by atoms with Gasteiger partial charge >= 0.3 is 0 Å². The van der Waals surface area contributed by atoms with E-state index in [1.54, 1.807) is 6.07 Å². The largest absolute Gasteiger partial charge is 0.319 e. The van der Waals surface area contributed by atoms with Gasteiger partial charge in [-0.1, -0.05) is 30.4 Å². The predicted molar refractivity (Wildman–Crippen MR) is 97.4 cm³/mol. The third kappa shape index (κ3) is 2.82. The second-order valence-electron chi connectivity index (χ2n) is 6.19. The molecule has 6 heteroatoms. The van der Waals surface area contributed by atoms with Gasteiger partial charge in [0.25, 0.3) is 5.91 Å². The van der Waals surface area contributed by atoms with E-state index in [4.69, 9.17) is 0 Å². The van der Waals surface area contributed by atoms with E-state index in [2.05, 4.69) is 35.2 Å². The van der Waals surface area contributed by atoms with Crippen molar-refractivity contribution < 1.29 is 4.79 Å². The van der Waals surface area contributed by atoms with Crippen molar-refractivity contribution in [3.05, 3.63) is 46.0 Å². The summed E-state index contributed by atoms with van der Waals surface area (Å²) in [7, 11) is 1.96. The third-order valence-corrected chi connectivity index (χ3v) is 5.21. The van der Waals surface area contributed by atoms with Gasteiger partial charge in [0, 0.05) is 18.8 Å². The maximum Gasteiger partial charge on any atom is 0.300 e. The summed E-state index contributed by atoms with van der Waals surface area (Å²) in [4.78, 5) is 17.6. The Labute approximate surface area is 145 Å². The van der Waals surface area contributed by atoms with Crippen LogP contribution in [0.25, 0.3) is 10.2 Å². The Balaban J connectivity index is 2.08. The van der Waals surface area contributed by atoms with E-state index >= 15 is 0 Å². The van der Waals surface area contributed by atoms with Crippen LogP contribution in [0.2, 0.25) is 0 Å². The van der Waals surface area contributed by atoms with Gasteiger partial charge in [0.05, 0.1) is 10.2 Å². The summed E-state index contributed by atoms with van der Waals surface area (Å²) in [6.45, 7) is 8.18. The van der Waals surface area contributed by atoms with Crippen LogP contribution in [0.5, 0.6) is 0 Å². The van der Waals surface area contributed by atoms with Crippen molar-refractivity contribution >= 4 is 27.5 Å². The van der Waals surface area contributed by atoms with E-state index in [9.17, 15) is 4.79 Å². The average molecular weight is 342 g/mol. The van der Waals surface area contributed by atoms with Crippen molar-refractivity contribution in [1.82, 2.24) is 14.3 Å². The average Bonchev–Trinajstić information content (AvgIpc) is 3.08. The molecule has 2 aromatic heterocycles. The summed E-state index contributed by atoms with van der Waals surface area (Å²) in [6, 6.07) is 8.27. The molecule has 0 bridgehead atoms. The molecule has 0 aliphatic carbocycles. The van der Waals surface area contributed by atoms with E-state index in [1.807, 2.05) is 37.1 Å². The molecule has 0 aliphatic rings. The van der Waals surface area contributed by atoms with E-state index < -0.39 is 0 Å². The number of aryl methyl sites for hydroxylation is 3. The second-order valence-corrected chi connectivity index (χ2v) is 7.20. The van der Waals surface area contributed by atoms with E-state index in [0.29, 0.717) is 10.5 Å². The number of nitrogens with zero attached hydrogens (tertiary/aromatic N) is 4. The highest BCUT2D eigenvalue weighted by molar-refractivity contribution is 7.16. The molecule has 0 spiro atoms. The minimum Gasteiger partial charge on any atom is -0.319 e. The fourth-order valence-electron chi connectivity index (χ4n) is 2.94. The van der Waals surface area contributed by atoms with Gasteiger partial charge in [-0.2, -0.15) is 10.1 Å². The molecule has 0 saturated heterocycles. The fourth-order valence-corrected chi connectivity index (χ4v) is 4.00. The summed E-state index contributed by atoms with van der Waals surface area (Å²) in [5.41, 5.74) is 3.78. The molecule has 0 radical (unpaired) electrons. The number of para-hydroxylation sites is 1. The molecule has 0 aliphatic heterocycles. The Hall–Kier alpha value is -2.21. The lowest BCUT2D eigenvalue weighted by Crippen LogP contribution is -2.14. The Morgan fingerprint density at radius 1 is 1.38 bits per heavy atom. The summed E-state index contributed by atoms with van der Waals surface area (Å²) >= 11 is 1.53. The molecule has 0 saturated carbocycles. The van der Waals surface area contributed by atoms with Crippen molar-refractivity contribution in [3.63, 3.8) is 0 Å². The highest BCUT2D eigenvalue weighted by Crippen LogP contribution is 2.21. The number of thiazole rings is 1. The molecular weight excluding hydrogens is 320 g/mol. The zero-order chi connectivity index (χ0) is 17.4. The summed E-state index contributed by atoms with van der Waals surface area (Å²) < 4.78 is 5.00. The smallest absolute Gasteiger partial charge is 0.300 e. The highest BCUT2D eigenvalue weighted by Gasteiger charge is 2.14. The van der Waals surface area contributed by atoms with Crippen LogP contribution in [0.3, 0.4) is 0 Å². The van der Waals surface area contributed by atoms with Gasteiger partial charge in [-0.15, -0.1) is 0 Å². The number of aromatic nitrogens is 3. The standard InChI is InChI=1S/C18H22N4OS/c1-6-13-8-7-9-15-16(13)21(5)18(24-15)19-17(23)14-10-12(4)22(20-14)11(2)3/h7-11H,6H2,1-5H3. The van der Waals surface area contributed by atoms with Gasteiger partial charge in [-0.05, 0) is 44.9 Å². The molecule has 0 fully saturated rings. The summed E-state index contributed by atoms with van der Waals surface area (Å²) in [5.74, 6) is -0.294. The van der Waals surface area contributed by atoms with E-state index in [0.717, 1.165) is 22.3 Å². The first-order valence-electron chi connectivity index (χ1n) is 8.15. The lowest BCUT2D eigenvalue weighted by Gasteiger charge is -2.06. The SMILES string of the molecule is CCc1cccc2sc(=NC(=O)c3cc(C)n(C(C)C)n3)n(C)c12. The maximum atomic E-state index is 12.5. The monoisotopic (exact) mass is 342 g/mol. The molecule has 1 aromatic carbocycles. The molecule has 24 heavy (non-hydrogen) atoms. The Morgan fingerprint density at radius 3 is 2.75 bits per heavy atom. The van der Waals surface area contributed by atoms with Crippen LogP contribution in [-0.2, 0) is 13.5 Å². The second kappa shape index (κ2) is 6.36. The van der Waals surface area contributed by atoms with Crippen molar-refractivity contribution in [2.24, 2.45) is 12.0 Å². The molecule has 1 amide bonds. The van der Waals surface area contributed by atoms with Crippen LogP contribution in [0.15, 0.2) is 29.3 Å². The van der Waals surface area contributed by atoms with Crippen LogP contribution < -0.4 is 4.80 Å². The first-order chi connectivity index (χ1) is 11.4. The molecule has 3 aromatic rings. The molecular formula is C18H22N4OS. The van der Waals surface area contributed by atoms with Crippen LogP contribution in [0, 0.1) is 6.92 Å². The fraction of sp³-hybridized carbons (Fsp3) is 0.389. The molecule has 0 unspecified atom stereocenters. The maximum absolute atomic E-state index is 12.5. The molecule has 3 rings (SSSR count). The van der Waals surface area contributed by atoms with Crippen molar-refractivity contribution in [2.75, 3.05) is 0 Å². The van der Waals surface area contributed by atoms with Gasteiger partial charge in [0.2, 0.25) is 0 Å². The summed E-state index contributed by atoms with van der Waals surface area (Å²) in [6.07, 6.45) is 0.952. The first kappa shape index (κ1) is 16.6. The van der Waals surface area contributed by atoms with Crippen LogP contribution in [-0.4, -0.2) is 20.3 Å². The van der Waals surface area contributed by atoms with E-state index in [-0.39, 0.29) is 11.9 Å². The first-order valence-corrected chi connectivity index (χ1v) is 8.96. The van der Waals surface area contributed by atoms with Gasteiger partial charge in [0.15, 0.2) is 10.5 Å². The van der Waals surface area contributed by atoms with Crippen LogP contribution >= 0.6 is 11.3 Å². The normalized spacial score (nSPS) is 12.5. The zero-order valence-corrected chi connectivity index (χ0v) is 15.5. The van der Waals surface area contributed by atoms with E-state index in [1.165, 1.54) is 16.9 Å².